The van der Waals surface area contributed by atoms with Crippen LogP contribution in [-0.4, -0.2) is 12.6 Å². The Morgan fingerprint density at radius 1 is 1.64 bits per heavy atom. The van der Waals surface area contributed by atoms with E-state index < -0.39 is 16.8 Å². The summed E-state index contributed by atoms with van der Waals surface area (Å²) >= 11 is 0. The molecular formula is C19H29NO2. The number of rotatable bonds is 6. The van der Waals surface area contributed by atoms with Crippen molar-refractivity contribution in [1.29, 1.82) is 5.26 Å². The smallest absolute Gasteiger partial charge is 0.327 e. The van der Waals surface area contributed by atoms with Crippen LogP contribution >= 0.6 is 0 Å². The molecule has 0 heterocycles. The summed E-state index contributed by atoms with van der Waals surface area (Å²) in [5.41, 5.74) is -0.209. The molecule has 0 amide bonds. The van der Waals surface area contributed by atoms with E-state index in [4.69, 9.17) is 4.74 Å². The maximum atomic E-state index is 12.6. The van der Waals surface area contributed by atoms with Crippen molar-refractivity contribution in [3.63, 3.8) is 0 Å². The molecule has 1 aliphatic carbocycles. The highest BCUT2D eigenvalue weighted by Gasteiger charge is 2.57. The Morgan fingerprint density at radius 3 is 2.73 bits per heavy atom. The van der Waals surface area contributed by atoms with Crippen molar-refractivity contribution in [2.45, 2.75) is 53.9 Å². The van der Waals surface area contributed by atoms with Gasteiger partial charge in [-0.05, 0) is 38.0 Å². The van der Waals surface area contributed by atoms with Gasteiger partial charge in [0.25, 0.3) is 0 Å². The molecule has 0 aromatic carbocycles. The summed E-state index contributed by atoms with van der Waals surface area (Å²) in [6.45, 7) is 14.4. The highest BCUT2D eigenvalue weighted by molar-refractivity contribution is 5.81. The molecular weight excluding hydrogens is 274 g/mol. The summed E-state index contributed by atoms with van der Waals surface area (Å²) in [5, 5.41) is 9.87. The van der Waals surface area contributed by atoms with Crippen LogP contribution in [0.2, 0.25) is 0 Å². The Bertz CT molecular complexity index is 500. The van der Waals surface area contributed by atoms with Gasteiger partial charge in [-0.3, -0.25) is 4.79 Å². The fourth-order valence-electron chi connectivity index (χ4n) is 3.75. The van der Waals surface area contributed by atoms with E-state index >= 15 is 0 Å². The number of hydrogen-bond acceptors (Lipinski definition) is 3. The van der Waals surface area contributed by atoms with Crippen LogP contribution in [0.1, 0.15) is 53.9 Å². The van der Waals surface area contributed by atoms with Crippen molar-refractivity contribution in [1.82, 2.24) is 0 Å². The molecule has 1 aliphatic rings. The fraction of sp³-hybridized carbons (Fsp3) is 0.684. The van der Waals surface area contributed by atoms with Gasteiger partial charge in [-0.25, -0.2) is 0 Å². The fourth-order valence-corrected chi connectivity index (χ4v) is 3.75. The summed E-state index contributed by atoms with van der Waals surface area (Å²) in [7, 11) is 0. The third-order valence-corrected chi connectivity index (χ3v) is 4.83. The van der Waals surface area contributed by atoms with Gasteiger partial charge in [0.05, 0.1) is 12.7 Å². The lowest BCUT2D eigenvalue weighted by atomic mass is 9.61. The molecule has 1 rings (SSSR count). The van der Waals surface area contributed by atoms with E-state index in [2.05, 4.69) is 39.5 Å². The quantitative estimate of drug-likeness (QED) is 0.530. The predicted octanol–water partition coefficient (Wildman–Crippen LogP) is 4.65. The van der Waals surface area contributed by atoms with Crippen molar-refractivity contribution in [3.8, 4) is 6.07 Å². The lowest BCUT2D eigenvalue weighted by Crippen LogP contribution is -2.45. The zero-order chi connectivity index (χ0) is 17.0. The molecule has 0 saturated heterocycles. The molecule has 3 atom stereocenters. The van der Waals surface area contributed by atoms with Crippen LogP contribution in [0.3, 0.4) is 0 Å². The normalized spacial score (nSPS) is 29.1. The number of carbonyl (C=O) groups is 1. The monoisotopic (exact) mass is 303 g/mol. The van der Waals surface area contributed by atoms with Crippen molar-refractivity contribution in [2.75, 3.05) is 6.61 Å². The van der Waals surface area contributed by atoms with E-state index in [1.807, 2.05) is 6.92 Å². The third-order valence-electron chi connectivity index (χ3n) is 4.83. The van der Waals surface area contributed by atoms with Crippen molar-refractivity contribution >= 4 is 5.97 Å². The molecule has 0 aromatic heterocycles. The molecule has 3 nitrogen and oxygen atoms in total. The van der Waals surface area contributed by atoms with E-state index in [1.54, 1.807) is 13.0 Å². The topological polar surface area (TPSA) is 50.1 Å². The Kier molecular flexibility index (Phi) is 6.00. The first kappa shape index (κ1) is 18.5. The number of allylic oxidation sites excluding steroid dienone is 3. The number of nitriles is 1. The van der Waals surface area contributed by atoms with E-state index in [1.165, 1.54) is 5.57 Å². The second-order valence-electron chi connectivity index (χ2n) is 7.06. The van der Waals surface area contributed by atoms with E-state index in [0.717, 1.165) is 12.8 Å². The summed E-state index contributed by atoms with van der Waals surface area (Å²) in [6.07, 6.45) is 5.87. The number of ether oxygens (including phenoxy) is 1. The first-order valence-electron chi connectivity index (χ1n) is 8.16. The lowest BCUT2D eigenvalue weighted by Gasteiger charge is -2.39. The molecule has 1 fully saturated rings. The first-order chi connectivity index (χ1) is 10.3. The summed E-state index contributed by atoms with van der Waals surface area (Å²) in [4.78, 5) is 12.6. The highest BCUT2D eigenvalue weighted by atomic mass is 16.5. The van der Waals surface area contributed by atoms with Crippen LogP contribution in [0.4, 0.5) is 0 Å². The van der Waals surface area contributed by atoms with Crippen LogP contribution in [0.25, 0.3) is 0 Å². The molecule has 22 heavy (non-hydrogen) atoms. The van der Waals surface area contributed by atoms with Crippen molar-refractivity contribution in [2.24, 2.45) is 22.7 Å². The standard InChI is InChI=1S/C19H29NO2/c1-7-9-19(13-20,17(21)22-8-2)18(6)11-15(5)16(12-18)10-14(3)4/h7,10,14-15H,1,8-9,11-12H2,2-6H3/b16-10-. The Morgan fingerprint density at radius 2 is 2.27 bits per heavy atom. The second-order valence-corrected chi connectivity index (χ2v) is 7.06. The van der Waals surface area contributed by atoms with Gasteiger partial charge in [-0.2, -0.15) is 5.26 Å². The Hall–Kier alpha value is -1.56. The van der Waals surface area contributed by atoms with Gasteiger partial charge >= 0.3 is 5.97 Å². The van der Waals surface area contributed by atoms with Gasteiger partial charge in [0.1, 0.15) is 0 Å². The van der Waals surface area contributed by atoms with E-state index in [9.17, 15) is 10.1 Å². The van der Waals surface area contributed by atoms with E-state index in [0.29, 0.717) is 24.9 Å². The first-order valence-corrected chi connectivity index (χ1v) is 8.16. The van der Waals surface area contributed by atoms with Crippen molar-refractivity contribution in [3.05, 3.63) is 24.3 Å². The minimum atomic E-state index is -1.15. The SMILES string of the molecule is C=CCC(C#N)(C(=O)OCC)C1(C)C/C(=C/C(C)C)C(C)C1. The molecule has 0 aromatic rings. The number of carbonyl (C=O) groups excluding carboxylic acids is 1. The van der Waals surface area contributed by atoms with Gasteiger partial charge in [0.2, 0.25) is 0 Å². The summed E-state index contributed by atoms with van der Waals surface area (Å²) in [5.74, 6) is 0.454. The summed E-state index contributed by atoms with van der Waals surface area (Å²) < 4.78 is 5.25. The zero-order valence-corrected chi connectivity index (χ0v) is 14.6. The molecule has 0 spiro atoms. The number of esters is 1. The Balaban J connectivity index is 3.28. The maximum Gasteiger partial charge on any atom is 0.327 e. The minimum absolute atomic E-state index is 0.291. The highest BCUT2D eigenvalue weighted by Crippen LogP contribution is 2.57. The van der Waals surface area contributed by atoms with E-state index in [-0.39, 0.29) is 0 Å². The van der Waals surface area contributed by atoms with Crippen LogP contribution in [0, 0.1) is 34.0 Å². The van der Waals surface area contributed by atoms with Crippen LogP contribution in [0.15, 0.2) is 24.3 Å². The predicted molar refractivity (Wildman–Crippen MR) is 88.9 cm³/mol. The molecule has 0 N–H and O–H groups in total. The largest absolute Gasteiger partial charge is 0.465 e. The average molecular weight is 303 g/mol. The lowest BCUT2D eigenvalue weighted by molar-refractivity contribution is -0.158. The van der Waals surface area contributed by atoms with Crippen molar-refractivity contribution < 1.29 is 9.53 Å². The number of hydrogen-bond donors (Lipinski definition) is 0. The molecule has 0 aliphatic heterocycles. The van der Waals surface area contributed by atoms with Gasteiger partial charge in [-0.15, -0.1) is 6.58 Å². The van der Waals surface area contributed by atoms with Gasteiger partial charge < -0.3 is 4.74 Å². The van der Waals surface area contributed by atoms with Crippen LogP contribution < -0.4 is 0 Å². The van der Waals surface area contributed by atoms with Gasteiger partial charge in [-0.1, -0.05) is 45.4 Å². The van der Waals surface area contributed by atoms with Gasteiger partial charge in [0.15, 0.2) is 5.41 Å². The molecule has 122 valence electrons. The van der Waals surface area contributed by atoms with Crippen LogP contribution in [0.5, 0.6) is 0 Å². The Labute approximate surface area is 135 Å². The van der Waals surface area contributed by atoms with Crippen LogP contribution in [-0.2, 0) is 9.53 Å². The second kappa shape index (κ2) is 7.13. The third kappa shape index (κ3) is 3.27. The number of nitrogens with zero attached hydrogens (tertiary/aromatic N) is 1. The molecule has 1 saturated carbocycles. The molecule has 3 heteroatoms. The summed E-state index contributed by atoms with van der Waals surface area (Å²) in [6, 6.07) is 2.30. The van der Waals surface area contributed by atoms with Gasteiger partial charge in [0, 0.05) is 5.41 Å². The molecule has 3 unspecified atom stereocenters. The average Bonchev–Trinajstić information content (AvgIpc) is 2.71. The maximum absolute atomic E-state index is 12.6. The minimum Gasteiger partial charge on any atom is -0.465 e. The molecule has 0 radical (unpaired) electrons. The zero-order valence-electron chi connectivity index (χ0n) is 14.6. The molecule has 0 bridgehead atoms.